The van der Waals surface area contributed by atoms with E-state index in [4.69, 9.17) is 0 Å². The molecular formula is C12H16N2O2. The molecule has 1 aromatic rings. The number of benzene rings is 1. The number of nitrogens with one attached hydrogen (secondary N) is 1. The molecule has 0 radical (unpaired) electrons. The van der Waals surface area contributed by atoms with Crippen LogP contribution in [0.4, 0.5) is 5.69 Å². The molecular weight excluding hydrogens is 204 g/mol. The smallest absolute Gasteiger partial charge is 0.240 e. The third-order valence-electron chi connectivity index (χ3n) is 2.75. The largest absolute Gasteiger partial charge is 0.389 e. The highest BCUT2D eigenvalue weighted by molar-refractivity contribution is 5.95. The minimum atomic E-state index is -0.502. The first-order valence-corrected chi connectivity index (χ1v) is 5.47. The van der Waals surface area contributed by atoms with Gasteiger partial charge in [-0.1, -0.05) is 12.1 Å². The van der Waals surface area contributed by atoms with E-state index in [1.54, 1.807) is 11.8 Å². The lowest BCUT2D eigenvalue weighted by Gasteiger charge is -2.27. The van der Waals surface area contributed by atoms with Crippen LogP contribution in [0.5, 0.6) is 0 Å². The Hall–Kier alpha value is -1.39. The van der Waals surface area contributed by atoms with Crippen LogP contribution in [-0.4, -0.2) is 30.6 Å². The van der Waals surface area contributed by atoms with Gasteiger partial charge in [-0.15, -0.1) is 0 Å². The monoisotopic (exact) mass is 220 g/mol. The lowest BCUT2D eigenvalue weighted by Crippen LogP contribution is -2.48. The number of rotatable bonds is 2. The van der Waals surface area contributed by atoms with Crippen LogP contribution in [-0.2, 0) is 4.79 Å². The van der Waals surface area contributed by atoms with Crippen LogP contribution in [0.3, 0.4) is 0 Å². The van der Waals surface area contributed by atoms with Crippen molar-refractivity contribution in [2.45, 2.75) is 13.0 Å². The molecule has 1 aromatic carbocycles. The maximum atomic E-state index is 11.7. The van der Waals surface area contributed by atoms with Crippen LogP contribution in [0, 0.1) is 0 Å². The third kappa shape index (κ3) is 2.23. The molecule has 1 atom stereocenters. The number of piperazine rings is 1. The summed E-state index contributed by atoms with van der Waals surface area (Å²) in [7, 11) is 0. The fourth-order valence-corrected chi connectivity index (χ4v) is 1.83. The van der Waals surface area contributed by atoms with E-state index in [1.165, 1.54) is 0 Å². The van der Waals surface area contributed by atoms with Crippen molar-refractivity contribution in [3.63, 3.8) is 0 Å². The lowest BCUT2D eigenvalue weighted by molar-refractivity contribution is -0.118. The van der Waals surface area contributed by atoms with Gasteiger partial charge in [0.15, 0.2) is 0 Å². The normalized spacial score (nSPS) is 18.6. The molecule has 2 N–H and O–H groups in total. The zero-order valence-electron chi connectivity index (χ0n) is 9.31. The summed E-state index contributed by atoms with van der Waals surface area (Å²) in [5, 5.41) is 12.5. The highest BCUT2D eigenvalue weighted by Gasteiger charge is 2.19. The van der Waals surface area contributed by atoms with Crippen LogP contribution in [0.2, 0.25) is 0 Å². The lowest BCUT2D eigenvalue weighted by atomic mass is 10.1. The summed E-state index contributed by atoms with van der Waals surface area (Å²) >= 11 is 0. The van der Waals surface area contributed by atoms with Gasteiger partial charge in [0.05, 0.1) is 12.6 Å². The van der Waals surface area contributed by atoms with E-state index >= 15 is 0 Å². The molecule has 16 heavy (non-hydrogen) atoms. The minimum Gasteiger partial charge on any atom is -0.389 e. The van der Waals surface area contributed by atoms with Gasteiger partial charge in [0.2, 0.25) is 5.91 Å². The highest BCUT2D eigenvalue weighted by Crippen LogP contribution is 2.21. The molecule has 1 unspecified atom stereocenters. The van der Waals surface area contributed by atoms with Crippen molar-refractivity contribution >= 4 is 11.6 Å². The number of aliphatic hydroxyl groups excluding tert-OH is 1. The number of carbonyl (C=O) groups is 1. The van der Waals surface area contributed by atoms with Crippen LogP contribution in [0.15, 0.2) is 24.3 Å². The second kappa shape index (κ2) is 4.63. The molecule has 1 heterocycles. The van der Waals surface area contributed by atoms with Crippen molar-refractivity contribution in [2.24, 2.45) is 0 Å². The van der Waals surface area contributed by atoms with Crippen LogP contribution in [0.1, 0.15) is 18.6 Å². The Morgan fingerprint density at radius 2 is 2.31 bits per heavy atom. The Morgan fingerprint density at radius 1 is 1.50 bits per heavy atom. The van der Waals surface area contributed by atoms with Crippen molar-refractivity contribution in [3.05, 3.63) is 29.8 Å². The SMILES string of the molecule is CC(O)c1cccc(N2CCNCC2=O)c1. The van der Waals surface area contributed by atoms with Gasteiger partial charge in [0, 0.05) is 18.8 Å². The number of carbonyl (C=O) groups excluding carboxylic acids is 1. The number of nitrogens with zero attached hydrogens (tertiary/aromatic N) is 1. The van der Waals surface area contributed by atoms with Crippen LogP contribution in [0.25, 0.3) is 0 Å². The Labute approximate surface area is 94.9 Å². The zero-order chi connectivity index (χ0) is 11.5. The number of hydrogen-bond acceptors (Lipinski definition) is 3. The van der Waals surface area contributed by atoms with Gasteiger partial charge in [-0.05, 0) is 24.6 Å². The molecule has 0 aromatic heterocycles. The van der Waals surface area contributed by atoms with Gasteiger partial charge in [-0.2, -0.15) is 0 Å². The standard InChI is InChI=1S/C12H16N2O2/c1-9(15)10-3-2-4-11(7-10)14-6-5-13-8-12(14)16/h2-4,7,9,13,15H,5-6,8H2,1H3. The van der Waals surface area contributed by atoms with E-state index in [2.05, 4.69) is 5.32 Å². The molecule has 4 nitrogen and oxygen atoms in total. The molecule has 1 aliphatic rings. The highest BCUT2D eigenvalue weighted by atomic mass is 16.3. The third-order valence-corrected chi connectivity index (χ3v) is 2.75. The van der Waals surface area contributed by atoms with Gasteiger partial charge in [0.1, 0.15) is 0 Å². The molecule has 1 aliphatic heterocycles. The minimum absolute atomic E-state index is 0.0778. The van der Waals surface area contributed by atoms with E-state index < -0.39 is 6.10 Å². The van der Waals surface area contributed by atoms with Gasteiger partial charge >= 0.3 is 0 Å². The van der Waals surface area contributed by atoms with Crippen molar-refractivity contribution in [3.8, 4) is 0 Å². The quantitative estimate of drug-likeness (QED) is 0.770. The Balaban J connectivity index is 2.25. The molecule has 0 saturated carbocycles. The van der Waals surface area contributed by atoms with Crippen molar-refractivity contribution in [1.82, 2.24) is 5.32 Å². The molecule has 4 heteroatoms. The number of aliphatic hydroxyl groups is 1. The zero-order valence-corrected chi connectivity index (χ0v) is 9.31. The maximum Gasteiger partial charge on any atom is 0.240 e. The number of hydrogen-bond donors (Lipinski definition) is 2. The summed E-state index contributed by atoms with van der Waals surface area (Å²) in [6.45, 7) is 3.60. The first kappa shape index (κ1) is 11.1. The van der Waals surface area contributed by atoms with E-state index in [9.17, 15) is 9.90 Å². The fourth-order valence-electron chi connectivity index (χ4n) is 1.83. The first-order valence-electron chi connectivity index (χ1n) is 5.47. The summed E-state index contributed by atoms with van der Waals surface area (Å²) < 4.78 is 0. The summed E-state index contributed by atoms with van der Waals surface area (Å²) in [5.41, 5.74) is 1.70. The van der Waals surface area contributed by atoms with E-state index in [0.717, 1.165) is 17.8 Å². The molecule has 0 aliphatic carbocycles. The molecule has 1 amide bonds. The van der Waals surface area contributed by atoms with Crippen molar-refractivity contribution in [1.29, 1.82) is 0 Å². The van der Waals surface area contributed by atoms with E-state index in [1.807, 2.05) is 24.3 Å². The molecule has 0 spiro atoms. The number of amides is 1. The first-order chi connectivity index (χ1) is 7.68. The predicted octanol–water partition coefficient (Wildman–Crippen LogP) is 0.676. The molecule has 1 fully saturated rings. The van der Waals surface area contributed by atoms with Crippen molar-refractivity contribution in [2.75, 3.05) is 24.5 Å². The summed E-state index contributed by atoms with van der Waals surface area (Å²) in [6.07, 6.45) is -0.502. The molecule has 2 rings (SSSR count). The van der Waals surface area contributed by atoms with Gasteiger partial charge in [0.25, 0.3) is 0 Å². The fraction of sp³-hybridized carbons (Fsp3) is 0.417. The second-order valence-corrected chi connectivity index (χ2v) is 3.99. The maximum absolute atomic E-state index is 11.7. The van der Waals surface area contributed by atoms with Gasteiger partial charge < -0.3 is 15.3 Å². The summed E-state index contributed by atoms with van der Waals surface area (Å²) in [4.78, 5) is 13.4. The average Bonchev–Trinajstić information content (AvgIpc) is 2.30. The summed E-state index contributed by atoms with van der Waals surface area (Å²) in [5.74, 6) is 0.0778. The summed E-state index contributed by atoms with van der Waals surface area (Å²) in [6, 6.07) is 7.50. The van der Waals surface area contributed by atoms with Gasteiger partial charge in [-0.3, -0.25) is 4.79 Å². The average molecular weight is 220 g/mol. The van der Waals surface area contributed by atoms with Crippen LogP contribution < -0.4 is 10.2 Å². The topological polar surface area (TPSA) is 52.6 Å². The second-order valence-electron chi connectivity index (χ2n) is 3.99. The van der Waals surface area contributed by atoms with Gasteiger partial charge in [-0.25, -0.2) is 0 Å². The van der Waals surface area contributed by atoms with Crippen LogP contribution >= 0.6 is 0 Å². The van der Waals surface area contributed by atoms with E-state index in [-0.39, 0.29) is 5.91 Å². The number of anilines is 1. The Morgan fingerprint density at radius 3 is 3.00 bits per heavy atom. The van der Waals surface area contributed by atoms with Crippen molar-refractivity contribution < 1.29 is 9.90 Å². The Kier molecular flexibility index (Phi) is 3.22. The molecule has 86 valence electrons. The molecule has 1 saturated heterocycles. The Bertz CT molecular complexity index is 390. The molecule has 0 bridgehead atoms. The predicted molar refractivity (Wildman–Crippen MR) is 62.3 cm³/mol. The van der Waals surface area contributed by atoms with E-state index in [0.29, 0.717) is 13.1 Å².